The highest BCUT2D eigenvalue weighted by Gasteiger charge is 2.20. The summed E-state index contributed by atoms with van der Waals surface area (Å²) in [6.07, 6.45) is 9.05. The van der Waals surface area contributed by atoms with Crippen molar-refractivity contribution < 1.29 is 0 Å². The van der Waals surface area contributed by atoms with E-state index < -0.39 is 0 Å². The summed E-state index contributed by atoms with van der Waals surface area (Å²) < 4.78 is 0. The first-order chi connectivity index (χ1) is 33.7. The molecule has 0 heterocycles. The van der Waals surface area contributed by atoms with Gasteiger partial charge in [-0.1, -0.05) is 218 Å². The number of para-hydroxylation sites is 2. The molecule has 0 aliphatic heterocycles. The van der Waals surface area contributed by atoms with Crippen molar-refractivity contribution in [2.75, 3.05) is 9.80 Å². The van der Waals surface area contributed by atoms with Gasteiger partial charge >= 0.3 is 0 Å². The molecule has 68 heavy (non-hydrogen) atoms. The van der Waals surface area contributed by atoms with Crippen LogP contribution in [-0.2, 0) is 0 Å². The number of anilines is 6. The van der Waals surface area contributed by atoms with Crippen molar-refractivity contribution in [2.45, 2.75) is 12.8 Å². The summed E-state index contributed by atoms with van der Waals surface area (Å²) in [5.41, 5.74) is 20.9. The van der Waals surface area contributed by atoms with Gasteiger partial charge in [-0.15, -0.1) is 0 Å². The van der Waals surface area contributed by atoms with E-state index in [-0.39, 0.29) is 0 Å². The van der Waals surface area contributed by atoms with E-state index in [1.54, 1.807) is 0 Å². The summed E-state index contributed by atoms with van der Waals surface area (Å²) in [7, 11) is 0. The number of allylic oxidation sites excluding steroid dienone is 4. The van der Waals surface area contributed by atoms with E-state index in [4.69, 9.17) is 0 Å². The molecule has 1 aliphatic carbocycles. The molecule has 2 heteroatoms. The third-order valence-electron chi connectivity index (χ3n) is 12.9. The van der Waals surface area contributed by atoms with Gasteiger partial charge in [0.15, 0.2) is 0 Å². The Labute approximate surface area is 400 Å². The van der Waals surface area contributed by atoms with E-state index in [1.807, 2.05) is 0 Å². The molecule has 324 valence electrons. The largest absolute Gasteiger partial charge is 0.310 e. The first kappa shape index (κ1) is 41.9. The molecule has 0 spiro atoms. The SMILES string of the molecule is C1=CC(c2ccc(N(c3ccc(-c4ccccc4)cc3)c3ccccc3-c3ccc(-c4ccccc4N(c4ccc(-c5ccccc5)cc4)c4ccc(-c5ccccc5)cc4)cc3)cc2)=CCC1. The van der Waals surface area contributed by atoms with Crippen LogP contribution < -0.4 is 9.80 Å². The van der Waals surface area contributed by atoms with Crippen LogP contribution >= 0.6 is 0 Å². The quantitative estimate of drug-likeness (QED) is 0.121. The third-order valence-corrected chi connectivity index (χ3v) is 12.9. The molecule has 0 atom stereocenters. The van der Waals surface area contributed by atoms with E-state index in [2.05, 4.69) is 289 Å². The molecule has 11 rings (SSSR count). The molecular formula is C66H50N2. The van der Waals surface area contributed by atoms with Gasteiger partial charge < -0.3 is 9.80 Å². The maximum atomic E-state index is 2.40. The molecule has 0 amide bonds. The summed E-state index contributed by atoms with van der Waals surface area (Å²) in [6.45, 7) is 0. The second-order valence-electron chi connectivity index (χ2n) is 17.2. The molecular weight excluding hydrogens is 821 g/mol. The molecule has 0 radical (unpaired) electrons. The summed E-state index contributed by atoms with van der Waals surface area (Å²) in [4.78, 5) is 4.78. The van der Waals surface area contributed by atoms with Crippen LogP contribution in [0, 0.1) is 0 Å². The fourth-order valence-corrected chi connectivity index (χ4v) is 9.44. The Morgan fingerprint density at radius 1 is 0.235 bits per heavy atom. The lowest BCUT2D eigenvalue weighted by molar-refractivity contribution is 1.04. The summed E-state index contributed by atoms with van der Waals surface area (Å²) in [5, 5.41) is 0. The normalized spacial score (nSPS) is 12.0. The van der Waals surface area contributed by atoms with E-state index in [1.165, 1.54) is 44.5 Å². The molecule has 0 aromatic heterocycles. The van der Waals surface area contributed by atoms with Gasteiger partial charge in [-0.2, -0.15) is 0 Å². The molecule has 0 bridgehead atoms. The van der Waals surface area contributed by atoms with Crippen LogP contribution in [0.15, 0.2) is 279 Å². The Bertz CT molecular complexity index is 3230. The molecule has 0 N–H and O–H groups in total. The summed E-state index contributed by atoms with van der Waals surface area (Å²) in [6, 6.07) is 94.3. The van der Waals surface area contributed by atoms with Crippen LogP contribution in [0.3, 0.4) is 0 Å². The maximum absolute atomic E-state index is 2.40. The van der Waals surface area contributed by atoms with Gasteiger partial charge in [0.05, 0.1) is 11.4 Å². The van der Waals surface area contributed by atoms with Crippen molar-refractivity contribution in [1.82, 2.24) is 0 Å². The minimum Gasteiger partial charge on any atom is -0.310 e. The van der Waals surface area contributed by atoms with Gasteiger partial charge in [0.25, 0.3) is 0 Å². The lowest BCUT2D eigenvalue weighted by Crippen LogP contribution is -2.11. The van der Waals surface area contributed by atoms with Crippen LogP contribution in [0.4, 0.5) is 34.1 Å². The van der Waals surface area contributed by atoms with E-state index in [0.717, 1.165) is 69.2 Å². The number of benzene rings is 10. The zero-order chi connectivity index (χ0) is 45.5. The zero-order valence-corrected chi connectivity index (χ0v) is 37.9. The van der Waals surface area contributed by atoms with Crippen molar-refractivity contribution in [3.63, 3.8) is 0 Å². The highest BCUT2D eigenvalue weighted by Crippen LogP contribution is 2.45. The standard InChI is InChI=1S/C66H50N2/c1-5-17-49(18-6-1)53-33-41-59(42-34-53)67(60-43-35-54(36-44-60)50-19-7-2-8-20-50)65-27-15-13-25-63(65)57-29-31-58(32-30-57)64-26-14-16-28-66(64)68(61-45-37-55(38-46-61)51-21-9-3-10-22-51)62-47-39-56(40-48-62)52-23-11-4-12-24-52/h1-3,5-11,13-48H,4,12H2. The molecule has 0 fully saturated rings. The minimum atomic E-state index is 1.08. The zero-order valence-electron chi connectivity index (χ0n) is 37.9. The van der Waals surface area contributed by atoms with Crippen LogP contribution in [-0.4, -0.2) is 0 Å². The Morgan fingerprint density at radius 3 is 0.868 bits per heavy atom. The predicted molar refractivity (Wildman–Crippen MR) is 289 cm³/mol. The molecule has 0 unspecified atom stereocenters. The highest BCUT2D eigenvalue weighted by molar-refractivity contribution is 5.92. The number of rotatable bonds is 12. The predicted octanol–water partition coefficient (Wildman–Crippen LogP) is 18.7. The second kappa shape index (κ2) is 19.4. The Balaban J connectivity index is 0.968. The van der Waals surface area contributed by atoms with Gasteiger partial charge in [-0.3, -0.25) is 0 Å². The van der Waals surface area contributed by atoms with Crippen LogP contribution in [0.2, 0.25) is 0 Å². The molecule has 1 aliphatic rings. The van der Waals surface area contributed by atoms with Gasteiger partial charge in [-0.25, -0.2) is 0 Å². The minimum absolute atomic E-state index is 1.08. The first-order valence-electron chi connectivity index (χ1n) is 23.6. The number of nitrogens with zero attached hydrogens (tertiary/aromatic N) is 2. The lowest BCUT2D eigenvalue weighted by atomic mass is 9.96. The Hall–Kier alpha value is -8.72. The summed E-state index contributed by atoms with van der Waals surface area (Å²) >= 11 is 0. The fourth-order valence-electron chi connectivity index (χ4n) is 9.44. The lowest BCUT2D eigenvalue weighted by Gasteiger charge is -2.29. The average molecular weight is 871 g/mol. The molecule has 0 saturated heterocycles. The molecule has 2 nitrogen and oxygen atoms in total. The summed E-state index contributed by atoms with van der Waals surface area (Å²) in [5.74, 6) is 0. The second-order valence-corrected chi connectivity index (χ2v) is 17.2. The van der Waals surface area contributed by atoms with Crippen molar-refractivity contribution in [3.8, 4) is 55.6 Å². The molecule has 0 saturated carbocycles. The third kappa shape index (κ3) is 8.84. The average Bonchev–Trinajstić information content (AvgIpc) is 3.43. The topological polar surface area (TPSA) is 6.48 Å². The van der Waals surface area contributed by atoms with Crippen molar-refractivity contribution in [2.24, 2.45) is 0 Å². The van der Waals surface area contributed by atoms with E-state index in [9.17, 15) is 0 Å². The monoisotopic (exact) mass is 870 g/mol. The van der Waals surface area contributed by atoms with Crippen LogP contribution in [0.1, 0.15) is 18.4 Å². The van der Waals surface area contributed by atoms with Crippen molar-refractivity contribution >= 4 is 39.7 Å². The maximum Gasteiger partial charge on any atom is 0.0540 e. The smallest absolute Gasteiger partial charge is 0.0540 e. The van der Waals surface area contributed by atoms with E-state index >= 15 is 0 Å². The van der Waals surface area contributed by atoms with Gasteiger partial charge in [0.1, 0.15) is 0 Å². The van der Waals surface area contributed by atoms with Crippen molar-refractivity contribution in [1.29, 1.82) is 0 Å². The number of hydrogen-bond acceptors (Lipinski definition) is 2. The van der Waals surface area contributed by atoms with Crippen LogP contribution in [0.5, 0.6) is 0 Å². The first-order valence-corrected chi connectivity index (χ1v) is 23.6. The van der Waals surface area contributed by atoms with Gasteiger partial charge in [0.2, 0.25) is 0 Å². The Morgan fingerprint density at radius 2 is 0.529 bits per heavy atom. The van der Waals surface area contributed by atoms with Crippen molar-refractivity contribution in [3.05, 3.63) is 285 Å². The Kier molecular flexibility index (Phi) is 12.0. The molecule has 10 aromatic rings. The van der Waals surface area contributed by atoms with Crippen LogP contribution in [0.25, 0.3) is 61.2 Å². The van der Waals surface area contributed by atoms with E-state index in [0.29, 0.717) is 0 Å². The number of hydrogen-bond donors (Lipinski definition) is 0. The van der Waals surface area contributed by atoms with Gasteiger partial charge in [-0.05, 0) is 129 Å². The van der Waals surface area contributed by atoms with Gasteiger partial charge in [0, 0.05) is 33.9 Å². The fraction of sp³-hybridized carbons (Fsp3) is 0.0303. The molecule has 10 aromatic carbocycles. The highest BCUT2D eigenvalue weighted by atomic mass is 15.1.